The third kappa shape index (κ3) is 4.72. The van der Waals surface area contributed by atoms with Crippen LogP contribution in [-0.2, 0) is 0 Å². The molecule has 1 aliphatic rings. The van der Waals surface area contributed by atoms with Gasteiger partial charge in [-0.15, -0.1) is 0 Å². The molecule has 0 aromatic heterocycles. The summed E-state index contributed by atoms with van der Waals surface area (Å²) in [6, 6.07) is 15.6. The van der Waals surface area contributed by atoms with Gasteiger partial charge in [0.1, 0.15) is 11.9 Å². The molecule has 0 aliphatic carbocycles. The van der Waals surface area contributed by atoms with Crippen LogP contribution >= 0.6 is 0 Å². The molecule has 8 heteroatoms. The summed E-state index contributed by atoms with van der Waals surface area (Å²) in [5, 5.41) is 4.19. The molecule has 0 saturated carbocycles. The highest BCUT2D eigenvalue weighted by Gasteiger charge is 2.39. The Morgan fingerprint density at radius 2 is 1.89 bits per heavy atom. The van der Waals surface area contributed by atoms with Crippen molar-refractivity contribution in [2.45, 2.75) is 25.7 Å². The van der Waals surface area contributed by atoms with Gasteiger partial charge in [0.15, 0.2) is 5.84 Å². The van der Waals surface area contributed by atoms with Crippen molar-refractivity contribution in [2.24, 2.45) is 15.1 Å². The minimum Gasteiger partial charge on any atom is -0.399 e. The van der Waals surface area contributed by atoms with Gasteiger partial charge in [-0.25, -0.2) is 9.98 Å². The zero-order chi connectivity index (χ0) is 19.4. The number of nitrogens with zero attached hydrogens (tertiary/aromatic N) is 3. The van der Waals surface area contributed by atoms with Gasteiger partial charge >= 0.3 is 6.18 Å². The number of anilines is 1. The Morgan fingerprint density at radius 3 is 2.56 bits per heavy atom. The molecule has 140 valence electrons. The van der Waals surface area contributed by atoms with Crippen molar-refractivity contribution in [2.75, 3.05) is 5.73 Å². The van der Waals surface area contributed by atoms with E-state index in [1.54, 1.807) is 55.5 Å². The van der Waals surface area contributed by atoms with Crippen LogP contribution in [0.2, 0.25) is 0 Å². The molecule has 1 aliphatic heterocycles. The fraction of sp³-hybridized carbons (Fsp3) is 0.211. The van der Waals surface area contributed by atoms with Crippen LogP contribution in [0.1, 0.15) is 24.5 Å². The minimum atomic E-state index is -4.53. The Balaban J connectivity index is 1.85. The molecule has 0 saturated heterocycles. The van der Waals surface area contributed by atoms with E-state index in [2.05, 4.69) is 20.5 Å². The number of rotatable bonds is 4. The van der Waals surface area contributed by atoms with E-state index in [-0.39, 0.29) is 5.84 Å². The van der Waals surface area contributed by atoms with Crippen LogP contribution in [0.5, 0.6) is 0 Å². The van der Waals surface area contributed by atoms with Gasteiger partial charge in [-0.3, -0.25) is 5.43 Å². The smallest absolute Gasteiger partial charge is 0.399 e. The third-order valence-electron chi connectivity index (χ3n) is 3.95. The average molecular weight is 373 g/mol. The van der Waals surface area contributed by atoms with E-state index in [4.69, 9.17) is 5.73 Å². The van der Waals surface area contributed by atoms with Crippen molar-refractivity contribution in [1.82, 2.24) is 5.43 Å². The third-order valence-corrected chi connectivity index (χ3v) is 3.95. The molecule has 2 aromatic carbocycles. The Morgan fingerprint density at radius 1 is 1.15 bits per heavy atom. The van der Waals surface area contributed by atoms with Crippen LogP contribution in [-0.4, -0.2) is 29.6 Å². The lowest BCUT2D eigenvalue weighted by molar-refractivity contribution is -0.0609. The van der Waals surface area contributed by atoms with E-state index >= 15 is 0 Å². The fourth-order valence-electron chi connectivity index (χ4n) is 2.56. The molecule has 0 bridgehead atoms. The lowest BCUT2D eigenvalue weighted by Gasteiger charge is -2.22. The highest BCUT2D eigenvalue weighted by Crippen LogP contribution is 2.24. The first-order chi connectivity index (χ1) is 12.8. The van der Waals surface area contributed by atoms with Gasteiger partial charge in [-0.2, -0.15) is 18.3 Å². The maximum atomic E-state index is 13.2. The number of hydrogen-bond donors (Lipinski definition) is 2. The summed E-state index contributed by atoms with van der Waals surface area (Å²) in [4.78, 5) is 7.99. The largest absolute Gasteiger partial charge is 0.429 e. The van der Waals surface area contributed by atoms with E-state index < -0.39 is 24.5 Å². The molecule has 1 atom stereocenters. The predicted octanol–water partition coefficient (Wildman–Crippen LogP) is 3.76. The summed E-state index contributed by atoms with van der Waals surface area (Å²) in [5.74, 6) is 0.0310. The minimum absolute atomic E-state index is 0.0310. The van der Waals surface area contributed by atoms with Crippen molar-refractivity contribution in [1.29, 1.82) is 0 Å². The van der Waals surface area contributed by atoms with Crippen molar-refractivity contribution in [3.8, 4) is 0 Å². The first kappa shape index (κ1) is 18.6. The average Bonchev–Trinajstić information content (AvgIpc) is 2.66. The van der Waals surface area contributed by atoms with Crippen LogP contribution in [0.25, 0.3) is 0 Å². The van der Waals surface area contributed by atoms with Crippen molar-refractivity contribution >= 4 is 22.9 Å². The van der Waals surface area contributed by atoms with E-state index in [0.29, 0.717) is 17.0 Å². The fourth-order valence-corrected chi connectivity index (χ4v) is 2.56. The monoisotopic (exact) mass is 373 g/mol. The summed E-state index contributed by atoms with van der Waals surface area (Å²) in [7, 11) is 0. The highest BCUT2D eigenvalue weighted by atomic mass is 19.4. The molecule has 0 radical (unpaired) electrons. The number of amidine groups is 1. The summed E-state index contributed by atoms with van der Waals surface area (Å²) >= 11 is 0. The zero-order valence-corrected chi connectivity index (χ0v) is 14.5. The molecular weight excluding hydrogens is 355 g/mol. The van der Waals surface area contributed by atoms with Gasteiger partial charge in [0.25, 0.3) is 0 Å². The van der Waals surface area contributed by atoms with Crippen LogP contribution in [0.15, 0.2) is 69.7 Å². The number of halogens is 3. The molecule has 2 aromatic rings. The van der Waals surface area contributed by atoms with Crippen LogP contribution in [0, 0.1) is 0 Å². The quantitative estimate of drug-likeness (QED) is 0.486. The van der Waals surface area contributed by atoms with Gasteiger partial charge in [0, 0.05) is 17.7 Å². The number of benzene rings is 2. The lowest BCUT2D eigenvalue weighted by atomic mass is 10.1. The molecule has 0 fully saturated rings. The topological polar surface area (TPSA) is 75.1 Å². The highest BCUT2D eigenvalue weighted by molar-refractivity contribution is 6.10. The molecule has 0 amide bonds. The predicted molar refractivity (Wildman–Crippen MR) is 101 cm³/mol. The summed E-state index contributed by atoms with van der Waals surface area (Å²) in [6.45, 7) is 1.74. The van der Waals surface area contributed by atoms with E-state index in [1.165, 1.54) is 0 Å². The normalized spacial score (nSPS) is 17.9. The number of aliphatic imine (C=N–C) groups is 2. The molecular formula is C19H18F3N5. The Labute approximate surface area is 154 Å². The molecule has 3 N–H and O–H groups in total. The second-order valence-electron chi connectivity index (χ2n) is 6.05. The van der Waals surface area contributed by atoms with Gasteiger partial charge in [-0.05, 0) is 24.6 Å². The SMILES string of the molecule is C/C(=N\NC1CC(C(F)(F)F)=NC(c2ccccc2)=N1)c1cccc(N)c1. The van der Waals surface area contributed by atoms with E-state index in [1.807, 2.05) is 6.07 Å². The zero-order valence-electron chi connectivity index (χ0n) is 14.5. The number of nitrogen functional groups attached to an aromatic ring is 1. The van der Waals surface area contributed by atoms with E-state index in [9.17, 15) is 13.2 Å². The standard InChI is InChI=1S/C19H18F3N5/c1-12(14-8-5-9-15(23)10-14)26-27-17-11-16(19(20,21)22)24-18(25-17)13-6-3-2-4-7-13/h2-10,17,27H,11,23H2,1H3/b26-12+. The van der Waals surface area contributed by atoms with Crippen LogP contribution in [0.4, 0.5) is 18.9 Å². The molecule has 5 nitrogen and oxygen atoms in total. The Kier molecular flexibility index (Phi) is 5.25. The Hall–Kier alpha value is -3.16. The van der Waals surface area contributed by atoms with Gasteiger partial charge < -0.3 is 5.73 Å². The van der Waals surface area contributed by atoms with Gasteiger partial charge in [0.2, 0.25) is 0 Å². The van der Waals surface area contributed by atoms with Crippen LogP contribution in [0.3, 0.4) is 0 Å². The number of hydrogen-bond acceptors (Lipinski definition) is 5. The van der Waals surface area contributed by atoms with Crippen molar-refractivity contribution in [3.05, 3.63) is 65.7 Å². The maximum absolute atomic E-state index is 13.2. The van der Waals surface area contributed by atoms with Crippen molar-refractivity contribution < 1.29 is 13.2 Å². The number of nitrogens with two attached hydrogens (primary N) is 1. The van der Waals surface area contributed by atoms with Gasteiger partial charge in [0.05, 0.1) is 5.71 Å². The first-order valence-electron chi connectivity index (χ1n) is 8.26. The summed E-state index contributed by atoms with van der Waals surface area (Å²) in [5.41, 5.74) is 10.0. The molecule has 1 unspecified atom stereocenters. The molecule has 3 rings (SSSR count). The number of hydrazone groups is 1. The molecule has 0 spiro atoms. The second-order valence-corrected chi connectivity index (χ2v) is 6.05. The Bertz CT molecular complexity index is 901. The second kappa shape index (κ2) is 7.61. The van der Waals surface area contributed by atoms with Gasteiger partial charge in [-0.1, -0.05) is 42.5 Å². The maximum Gasteiger partial charge on any atom is 0.429 e. The number of nitrogens with one attached hydrogen (secondary N) is 1. The summed E-state index contributed by atoms with van der Waals surface area (Å²) in [6.07, 6.45) is -5.79. The number of alkyl halides is 3. The van der Waals surface area contributed by atoms with E-state index in [0.717, 1.165) is 5.56 Å². The first-order valence-corrected chi connectivity index (χ1v) is 8.26. The van der Waals surface area contributed by atoms with Crippen molar-refractivity contribution in [3.63, 3.8) is 0 Å². The van der Waals surface area contributed by atoms with Crippen LogP contribution < -0.4 is 11.2 Å². The lowest BCUT2D eigenvalue weighted by Crippen LogP contribution is -2.37. The molecule has 1 heterocycles. The summed E-state index contributed by atoms with van der Waals surface area (Å²) < 4.78 is 39.7. The molecule has 27 heavy (non-hydrogen) atoms.